The fourth-order valence-corrected chi connectivity index (χ4v) is 2.27. The van der Waals surface area contributed by atoms with Gasteiger partial charge in [0.1, 0.15) is 17.2 Å². The minimum Gasteiger partial charge on any atom is -0.466 e. The van der Waals surface area contributed by atoms with E-state index >= 15 is 0 Å². The van der Waals surface area contributed by atoms with Gasteiger partial charge in [0.05, 0.1) is 12.8 Å². The summed E-state index contributed by atoms with van der Waals surface area (Å²) in [7, 11) is 0. The van der Waals surface area contributed by atoms with E-state index in [1.807, 2.05) is 6.92 Å². The molecule has 0 radical (unpaired) electrons. The van der Waals surface area contributed by atoms with Gasteiger partial charge < -0.3 is 20.2 Å². The zero-order chi connectivity index (χ0) is 16.9. The van der Waals surface area contributed by atoms with Crippen molar-refractivity contribution in [2.75, 3.05) is 6.54 Å². The number of aliphatic hydroxyl groups is 1. The smallest absolute Gasteiger partial charge is 0.315 e. The lowest BCUT2D eigenvalue weighted by molar-refractivity contribution is 0.0366. The molecule has 6 heteroatoms. The predicted molar refractivity (Wildman–Crippen MR) is 84.4 cm³/mol. The second-order valence-electron chi connectivity index (χ2n) is 5.81. The van der Waals surface area contributed by atoms with Crippen LogP contribution in [-0.4, -0.2) is 23.7 Å². The van der Waals surface area contributed by atoms with Crippen molar-refractivity contribution in [1.29, 1.82) is 0 Å². The molecule has 0 bridgehead atoms. The average molecular weight is 320 g/mol. The van der Waals surface area contributed by atoms with E-state index in [1.54, 1.807) is 31.2 Å². The highest BCUT2D eigenvalue weighted by molar-refractivity contribution is 5.74. The first-order chi connectivity index (χ1) is 10.9. The van der Waals surface area contributed by atoms with E-state index in [1.165, 1.54) is 18.4 Å². The van der Waals surface area contributed by atoms with Gasteiger partial charge in [-0.25, -0.2) is 9.18 Å². The van der Waals surface area contributed by atoms with E-state index in [-0.39, 0.29) is 18.4 Å². The van der Waals surface area contributed by atoms with Crippen molar-refractivity contribution in [1.82, 2.24) is 10.6 Å². The van der Waals surface area contributed by atoms with Gasteiger partial charge in [0.15, 0.2) is 0 Å². The molecule has 1 aromatic carbocycles. The van der Waals surface area contributed by atoms with Crippen LogP contribution in [0, 0.1) is 5.82 Å². The minimum absolute atomic E-state index is 0.0129. The Bertz CT molecular complexity index is 641. The van der Waals surface area contributed by atoms with Crippen molar-refractivity contribution in [2.45, 2.75) is 31.9 Å². The van der Waals surface area contributed by atoms with E-state index in [4.69, 9.17) is 4.42 Å². The third kappa shape index (κ3) is 5.10. The Morgan fingerprint density at radius 1 is 1.39 bits per heavy atom. The Balaban J connectivity index is 1.80. The number of halogens is 1. The lowest BCUT2D eigenvalue weighted by atomic mass is 10.0. The molecule has 1 aromatic heterocycles. The molecule has 124 valence electrons. The first-order valence-electron chi connectivity index (χ1n) is 7.42. The molecule has 0 saturated heterocycles. The summed E-state index contributed by atoms with van der Waals surface area (Å²) in [5, 5.41) is 15.6. The van der Waals surface area contributed by atoms with Gasteiger partial charge in [0, 0.05) is 6.04 Å². The number of benzene rings is 1. The summed E-state index contributed by atoms with van der Waals surface area (Å²) < 4.78 is 18.3. The lowest BCUT2D eigenvalue weighted by Gasteiger charge is -2.22. The molecule has 0 saturated carbocycles. The number of carbonyl (C=O) groups excluding carboxylic acids is 1. The average Bonchev–Trinajstić information content (AvgIpc) is 3.00. The summed E-state index contributed by atoms with van der Waals surface area (Å²) in [5.41, 5.74) is -0.479. The molecule has 5 nitrogen and oxygen atoms in total. The molecule has 0 aliphatic heterocycles. The van der Waals surface area contributed by atoms with Gasteiger partial charge in [-0.1, -0.05) is 12.1 Å². The van der Waals surface area contributed by atoms with Crippen molar-refractivity contribution >= 4 is 6.03 Å². The van der Waals surface area contributed by atoms with Crippen LogP contribution in [0.3, 0.4) is 0 Å². The molecule has 23 heavy (non-hydrogen) atoms. The van der Waals surface area contributed by atoms with Crippen molar-refractivity contribution in [3.8, 4) is 0 Å². The lowest BCUT2D eigenvalue weighted by Crippen LogP contribution is -2.46. The Morgan fingerprint density at radius 3 is 2.83 bits per heavy atom. The van der Waals surface area contributed by atoms with Gasteiger partial charge in [-0.2, -0.15) is 0 Å². The van der Waals surface area contributed by atoms with Gasteiger partial charge in [0.25, 0.3) is 0 Å². The summed E-state index contributed by atoms with van der Waals surface area (Å²) in [6.45, 7) is 3.40. The van der Waals surface area contributed by atoms with Gasteiger partial charge >= 0.3 is 6.03 Å². The first kappa shape index (κ1) is 17.0. The molecule has 2 amide bonds. The largest absolute Gasteiger partial charge is 0.466 e. The molecule has 2 aromatic rings. The molecule has 0 unspecified atom stereocenters. The maximum absolute atomic E-state index is 13.1. The molecular formula is C17H21FN2O3. The van der Waals surface area contributed by atoms with Gasteiger partial charge in [-0.05, 0) is 50.1 Å². The van der Waals surface area contributed by atoms with Gasteiger partial charge in [-0.15, -0.1) is 0 Å². The molecular weight excluding hydrogens is 299 g/mol. The van der Waals surface area contributed by atoms with Crippen LogP contribution >= 0.6 is 0 Å². The molecule has 0 fully saturated rings. The summed E-state index contributed by atoms with van der Waals surface area (Å²) in [6.07, 6.45) is 1.98. The summed E-state index contributed by atoms with van der Waals surface area (Å²) in [5.74, 6) is 0.0826. The molecule has 2 atom stereocenters. The van der Waals surface area contributed by atoms with E-state index in [9.17, 15) is 14.3 Å². The highest BCUT2D eigenvalue weighted by Gasteiger charge is 2.26. The van der Waals surface area contributed by atoms with E-state index in [2.05, 4.69) is 10.6 Å². The van der Waals surface area contributed by atoms with Crippen LogP contribution in [0.25, 0.3) is 0 Å². The van der Waals surface area contributed by atoms with Crippen LogP contribution in [0.1, 0.15) is 25.2 Å². The Labute approximate surface area is 134 Å². The van der Waals surface area contributed by atoms with Gasteiger partial charge in [-0.3, -0.25) is 0 Å². The Morgan fingerprint density at radius 2 is 2.17 bits per heavy atom. The zero-order valence-electron chi connectivity index (χ0n) is 13.2. The quantitative estimate of drug-likeness (QED) is 0.766. The number of carbonyl (C=O) groups is 1. The summed E-state index contributed by atoms with van der Waals surface area (Å²) in [4.78, 5) is 11.9. The first-order valence-corrected chi connectivity index (χ1v) is 7.42. The predicted octanol–water partition coefficient (Wildman–Crippen LogP) is 2.56. The molecule has 0 aliphatic rings. The number of furan rings is 1. The topological polar surface area (TPSA) is 74.5 Å². The van der Waals surface area contributed by atoms with Crippen LogP contribution in [0.4, 0.5) is 9.18 Å². The summed E-state index contributed by atoms with van der Waals surface area (Å²) >= 11 is 0. The number of rotatable bonds is 6. The highest BCUT2D eigenvalue weighted by atomic mass is 19.1. The minimum atomic E-state index is -1.29. The van der Waals surface area contributed by atoms with E-state index in [0.29, 0.717) is 12.2 Å². The second-order valence-corrected chi connectivity index (χ2v) is 5.81. The van der Waals surface area contributed by atoms with Crippen molar-refractivity contribution in [3.05, 3.63) is 59.8 Å². The van der Waals surface area contributed by atoms with Crippen LogP contribution in [-0.2, 0) is 12.0 Å². The molecule has 2 rings (SSSR count). The maximum Gasteiger partial charge on any atom is 0.315 e. The molecule has 3 N–H and O–H groups in total. The third-order valence-electron chi connectivity index (χ3n) is 3.45. The van der Waals surface area contributed by atoms with Crippen molar-refractivity contribution in [2.24, 2.45) is 0 Å². The standard InChI is InChI=1S/C17H21FN2O3/c1-12(9-13-5-3-6-14(18)10-13)20-16(21)19-11-17(2,22)15-7-4-8-23-15/h3-8,10,12,22H,9,11H2,1-2H3,(H2,19,20,21)/t12-,17-/m0/s1. The van der Waals surface area contributed by atoms with Crippen LogP contribution in [0.5, 0.6) is 0 Å². The highest BCUT2D eigenvalue weighted by Crippen LogP contribution is 2.19. The Kier molecular flexibility index (Phi) is 5.39. The van der Waals surface area contributed by atoms with Crippen LogP contribution in [0.15, 0.2) is 47.1 Å². The summed E-state index contributed by atoms with van der Waals surface area (Å²) in [6, 6.07) is 9.00. The zero-order valence-corrected chi connectivity index (χ0v) is 13.2. The molecule has 0 aliphatic carbocycles. The second kappa shape index (κ2) is 7.28. The molecule has 0 spiro atoms. The fourth-order valence-electron chi connectivity index (χ4n) is 2.27. The van der Waals surface area contributed by atoms with Crippen LogP contribution in [0.2, 0.25) is 0 Å². The van der Waals surface area contributed by atoms with Crippen molar-refractivity contribution in [3.63, 3.8) is 0 Å². The normalized spacial score (nSPS) is 14.8. The van der Waals surface area contributed by atoms with E-state index < -0.39 is 11.6 Å². The maximum atomic E-state index is 13.1. The fraction of sp³-hybridized carbons (Fsp3) is 0.353. The van der Waals surface area contributed by atoms with Gasteiger partial charge in [0.2, 0.25) is 0 Å². The number of amides is 2. The van der Waals surface area contributed by atoms with E-state index in [0.717, 1.165) is 5.56 Å². The SMILES string of the molecule is C[C@@H](Cc1cccc(F)c1)NC(=O)NC[C@](C)(O)c1ccco1. The number of hydrogen-bond donors (Lipinski definition) is 3. The van der Waals surface area contributed by atoms with Crippen LogP contribution < -0.4 is 10.6 Å². The number of urea groups is 1. The molecule has 1 heterocycles. The Hall–Kier alpha value is -2.34. The number of hydrogen-bond acceptors (Lipinski definition) is 3. The third-order valence-corrected chi connectivity index (χ3v) is 3.45. The monoisotopic (exact) mass is 320 g/mol. The number of nitrogens with one attached hydrogen (secondary N) is 2. The van der Waals surface area contributed by atoms with Crippen molar-refractivity contribution < 1.29 is 18.7 Å².